The van der Waals surface area contributed by atoms with Crippen molar-refractivity contribution in [1.29, 1.82) is 0 Å². The molecule has 2 rings (SSSR count). The van der Waals surface area contributed by atoms with Gasteiger partial charge < -0.3 is 14.8 Å². The Balaban J connectivity index is 2.12. The van der Waals surface area contributed by atoms with E-state index in [-0.39, 0.29) is 5.91 Å². The SMILES string of the molecule is C=CCOc1ccc(C(=O)Nc2cc(Br)ccc2OC)cc1. The zero-order chi connectivity index (χ0) is 15.9. The molecule has 0 saturated heterocycles. The van der Waals surface area contributed by atoms with Gasteiger partial charge in [-0.05, 0) is 42.5 Å². The first-order valence-electron chi connectivity index (χ1n) is 6.62. The topological polar surface area (TPSA) is 47.6 Å². The van der Waals surface area contributed by atoms with E-state index < -0.39 is 0 Å². The maximum absolute atomic E-state index is 12.3. The van der Waals surface area contributed by atoms with Gasteiger partial charge in [-0.3, -0.25) is 4.79 Å². The Kier molecular flexibility index (Phi) is 5.61. The van der Waals surface area contributed by atoms with Gasteiger partial charge in [-0.2, -0.15) is 0 Å². The van der Waals surface area contributed by atoms with Crippen LogP contribution in [0.4, 0.5) is 5.69 Å². The summed E-state index contributed by atoms with van der Waals surface area (Å²) in [5.74, 6) is 1.07. The first-order valence-corrected chi connectivity index (χ1v) is 7.42. The van der Waals surface area contributed by atoms with E-state index in [1.165, 1.54) is 0 Å². The van der Waals surface area contributed by atoms with Crippen molar-refractivity contribution < 1.29 is 14.3 Å². The summed E-state index contributed by atoms with van der Waals surface area (Å²) in [4.78, 5) is 12.3. The lowest BCUT2D eigenvalue weighted by molar-refractivity contribution is 0.102. The molecule has 4 nitrogen and oxygen atoms in total. The van der Waals surface area contributed by atoms with Crippen molar-refractivity contribution in [2.45, 2.75) is 0 Å². The van der Waals surface area contributed by atoms with Crippen molar-refractivity contribution in [3.05, 3.63) is 65.2 Å². The number of ether oxygens (including phenoxy) is 2. The lowest BCUT2D eigenvalue weighted by atomic mass is 10.2. The van der Waals surface area contributed by atoms with Crippen molar-refractivity contribution >= 4 is 27.5 Å². The summed E-state index contributed by atoms with van der Waals surface area (Å²) in [6.45, 7) is 4.02. The summed E-state index contributed by atoms with van der Waals surface area (Å²) in [6, 6.07) is 12.3. The Hall–Kier alpha value is -2.27. The van der Waals surface area contributed by atoms with Crippen LogP contribution in [0.5, 0.6) is 11.5 Å². The highest BCUT2D eigenvalue weighted by molar-refractivity contribution is 9.10. The number of rotatable bonds is 6. The van der Waals surface area contributed by atoms with E-state index in [0.717, 1.165) is 4.47 Å². The van der Waals surface area contributed by atoms with Gasteiger partial charge >= 0.3 is 0 Å². The van der Waals surface area contributed by atoms with Crippen LogP contribution in [-0.4, -0.2) is 19.6 Å². The number of amides is 1. The molecule has 1 amide bonds. The Labute approximate surface area is 137 Å². The second-order valence-corrected chi connectivity index (χ2v) is 5.34. The molecule has 0 atom stereocenters. The minimum Gasteiger partial charge on any atom is -0.495 e. The predicted octanol–water partition coefficient (Wildman–Crippen LogP) is 4.27. The molecule has 2 aromatic carbocycles. The molecule has 0 unspecified atom stereocenters. The highest BCUT2D eigenvalue weighted by atomic mass is 79.9. The van der Waals surface area contributed by atoms with E-state index in [9.17, 15) is 4.79 Å². The fourth-order valence-electron chi connectivity index (χ4n) is 1.83. The normalized spacial score (nSPS) is 9.91. The zero-order valence-electron chi connectivity index (χ0n) is 12.1. The van der Waals surface area contributed by atoms with E-state index in [1.807, 2.05) is 6.07 Å². The van der Waals surface area contributed by atoms with Crippen LogP contribution in [0, 0.1) is 0 Å². The molecule has 0 radical (unpaired) electrons. The molecule has 114 valence electrons. The number of methoxy groups -OCH3 is 1. The molecule has 22 heavy (non-hydrogen) atoms. The number of carbonyl (C=O) groups is 1. The molecule has 0 aliphatic carbocycles. The van der Waals surface area contributed by atoms with E-state index >= 15 is 0 Å². The molecule has 5 heteroatoms. The van der Waals surface area contributed by atoms with Crippen LogP contribution in [0.15, 0.2) is 59.6 Å². The van der Waals surface area contributed by atoms with Crippen LogP contribution in [0.25, 0.3) is 0 Å². The standard InChI is InChI=1S/C17H16BrNO3/c1-3-10-22-14-7-4-12(5-8-14)17(20)19-15-11-13(18)6-9-16(15)21-2/h3-9,11H,1,10H2,2H3,(H,19,20). The van der Waals surface area contributed by atoms with Crippen molar-refractivity contribution in [2.75, 3.05) is 19.0 Å². The van der Waals surface area contributed by atoms with Gasteiger partial charge in [0.2, 0.25) is 0 Å². The Morgan fingerprint density at radius 1 is 1.27 bits per heavy atom. The summed E-state index contributed by atoms with van der Waals surface area (Å²) in [5, 5.41) is 2.83. The van der Waals surface area contributed by atoms with Crippen molar-refractivity contribution in [1.82, 2.24) is 0 Å². The molecule has 0 aliphatic heterocycles. The summed E-state index contributed by atoms with van der Waals surface area (Å²) in [7, 11) is 1.56. The van der Waals surface area contributed by atoms with E-state index in [0.29, 0.717) is 29.4 Å². The Bertz CT molecular complexity index is 668. The largest absolute Gasteiger partial charge is 0.495 e. The van der Waals surface area contributed by atoms with Crippen LogP contribution in [0.3, 0.4) is 0 Å². The van der Waals surface area contributed by atoms with Crippen LogP contribution in [0.1, 0.15) is 10.4 Å². The number of nitrogens with one attached hydrogen (secondary N) is 1. The number of hydrogen-bond acceptors (Lipinski definition) is 3. The molecule has 2 aromatic rings. The highest BCUT2D eigenvalue weighted by Crippen LogP contribution is 2.28. The van der Waals surface area contributed by atoms with Crippen molar-refractivity contribution in [2.24, 2.45) is 0 Å². The fraction of sp³-hybridized carbons (Fsp3) is 0.118. The van der Waals surface area contributed by atoms with Crippen LogP contribution in [-0.2, 0) is 0 Å². The zero-order valence-corrected chi connectivity index (χ0v) is 13.7. The third-order valence-corrected chi connectivity index (χ3v) is 3.39. The van der Waals surface area contributed by atoms with Crippen molar-refractivity contribution in [3.8, 4) is 11.5 Å². The molecule has 0 heterocycles. The van der Waals surface area contributed by atoms with E-state index in [1.54, 1.807) is 49.6 Å². The summed E-state index contributed by atoms with van der Waals surface area (Å²) in [6.07, 6.45) is 1.67. The fourth-order valence-corrected chi connectivity index (χ4v) is 2.19. The van der Waals surface area contributed by atoms with Crippen LogP contribution in [0.2, 0.25) is 0 Å². The minimum absolute atomic E-state index is 0.216. The van der Waals surface area contributed by atoms with Crippen molar-refractivity contribution in [3.63, 3.8) is 0 Å². The third-order valence-electron chi connectivity index (χ3n) is 2.89. The monoisotopic (exact) mass is 361 g/mol. The summed E-state index contributed by atoms with van der Waals surface area (Å²) < 4.78 is 11.5. The smallest absolute Gasteiger partial charge is 0.255 e. The third kappa shape index (κ3) is 4.11. The number of halogens is 1. The lowest BCUT2D eigenvalue weighted by Crippen LogP contribution is -2.12. The van der Waals surface area contributed by atoms with Gasteiger partial charge in [-0.1, -0.05) is 28.6 Å². The molecular formula is C17H16BrNO3. The molecule has 0 saturated carbocycles. The second kappa shape index (κ2) is 7.66. The predicted molar refractivity (Wildman–Crippen MR) is 90.8 cm³/mol. The number of hydrogen-bond donors (Lipinski definition) is 1. The Morgan fingerprint density at radius 3 is 2.64 bits per heavy atom. The molecule has 0 aromatic heterocycles. The molecule has 0 spiro atoms. The van der Waals surface area contributed by atoms with E-state index in [2.05, 4.69) is 27.8 Å². The molecule has 0 aliphatic rings. The number of benzene rings is 2. The first-order chi connectivity index (χ1) is 10.6. The van der Waals surface area contributed by atoms with Gasteiger partial charge in [0.15, 0.2) is 0 Å². The van der Waals surface area contributed by atoms with Crippen LogP contribution < -0.4 is 14.8 Å². The lowest BCUT2D eigenvalue weighted by Gasteiger charge is -2.11. The highest BCUT2D eigenvalue weighted by Gasteiger charge is 2.10. The maximum atomic E-state index is 12.3. The van der Waals surface area contributed by atoms with Gasteiger partial charge in [-0.25, -0.2) is 0 Å². The molecule has 0 fully saturated rings. The maximum Gasteiger partial charge on any atom is 0.255 e. The molecule has 1 N–H and O–H groups in total. The average Bonchev–Trinajstić information content (AvgIpc) is 2.53. The summed E-state index contributed by atoms with van der Waals surface area (Å²) in [5.41, 5.74) is 1.14. The number of anilines is 1. The second-order valence-electron chi connectivity index (χ2n) is 4.42. The molecular weight excluding hydrogens is 346 g/mol. The minimum atomic E-state index is -0.216. The molecule has 0 bridgehead atoms. The van der Waals surface area contributed by atoms with Gasteiger partial charge in [-0.15, -0.1) is 0 Å². The average molecular weight is 362 g/mol. The van der Waals surface area contributed by atoms with Gasteiger partial charge in [0, 0.05) is 10.0 Å². The van der Waals surface area contributed by atoms with Crippen LogP contribution >= 0.6 is 15.9 Å². The number of carbonyl (C=O) groups excluding carboxylic acids is 1. The Morgan fingerprint density at radius 2 is 2.00 bits per heavy atom. The van der Waals surface area contributed by atoms with Gasteiger partial charge in [0.05, 0.1) is 12.8 Å². The first kappa shape index (κ1) is 16.1. The van der Waals surface area contributed by atoms with Gasteiger partial charge in [0.1, 0.15) is 18.1 Å². The van der Waals surface area contributed by atoms with Gasteiger partial charge in [0.25, 0.3) is 5.91 Å². The van der Waals surface area contributed by atoms with E-state index in [4.69, 9.17) is 9.47 Å². The summed E-state index contributed by atoms with van der Waals surface area (Å²) >= 11 is 3.37. The quantitative estimate of drug-likeness (QED) is 0.781.